The zero-order valence-electron chi connectivity index (χ0n) is 15.1. The first kappa shape index (κ1) is 18.6. The van der Waals surface area contributed by atoms with Crippen LogP contribution in [0.15, 0.2) is 36.9 Å². The summed E-state index contributed by atoms with van der Waals surface area (Å²) in [4.78, 5) is 12.8. The second-order valence-electron chi connectivity index (χ2n) is 6.48. The second kappa shape index (κ2) is 7.68. The van der Waals surface area contributed by atoms with Crippen molar-refractivity contribution in [2.24, 2.45) is 0 Å². The van der Waals surface area contributed by atoms with E-state index < -0.39 is 31.1 Å². The van der Waals surface area contributed by atoms with Crippen molar-refractivity contribution in [3.05, 3.63) is 42.5 Å². The maximum atomic E-state index is 10.3. The molecule has 1 aliphatic rings. The highest BCUT2D eigenvalue weighted by atomic mass is 16.6. The van der Waals surface area contributed by atoms with Gasteiger partial charge in [-0.3, -0.25) is 4.57 Å². The molecule has 0 bridgehead atoms. The maximum absolute atomic E-state index is 10.3. The molecule has 3 aromatic rings. The Morgan fingerprint density at radius 1 is 1.14 bits per heavy atom. The summed E-state index contributed by atoms with van der Waals surface area (Å²) in [6.45, 7) is 0.127. The van der Waals surface area contributed by atoms with Gasteiger partial charge in [-0.15, -0.1) is 0 Å². The van der Waals surface area contributed by atoms with Gasteiger partial charge < -0.3 is 30.1 Å². The molecule has 4 atom stereocenters. The molecule has 3 heterocycles. The molecule has 1 unspecified atom stereocenters. The monoisotopic (exact) mass is 387 g/mol. The number of hydrogen-bond donors (Lipinski definition) is 4. The van der Waals surface area contributed by atoms with E-state index in [-0.39, 0.29) is 0 Å². The van der Waals surface area contributed by atoms with Crippen molar-refractivity contribution in [1.82, 2.24) is 19.5 Å². The third-order valence-corrected chi connectivity index (χ3v) is 4.77. The Bertz CT molecular complexity index is 947. The molecule has 10 heteroatoms. The minimum Gasteiger partial charge on any atom is -0.497 e. The Morgan fingerprint density at radius 2 is 1.93 bits per heavy atom. The first-order valence-corrected chi connectivity index (χ1v) is 8.79. The lowest BCUT2D eigenvalue weighted by atomic mass is 10.1. The van der Waals surface area contributed by atoms with Gasteiger partial charge in [-0.05, 0) is 17.7 Å². The van der Waals surface area contributed by atoms with Gasteiger partial charge in [0.2, 0.25) is 0 Å². The number of fused-ring (bicyclic) bond motifs is 1. The van der Waals surface area contributed by atoms with Crippen LogP contribution in [0.25, 0.3) is 11.2 Å². The fourth-order valence-corrected chi connectivity index (χ4v) is 3.21. The summed E-state index contributed by atoms with van der Waals surface area (Å²) >= 11 is 0. The van der Waals surface area contributed by atoms with Crippen LogP contribution in [-0.4, -0.2) is 66.9 Å². The molecule has 4 rings (SSSR count). The number of benzene rings is 1. The smallest absolute Gasteiger partial charge is 0.167 e. The van der Waals surface area contributed by atoms with Gasteiger partial charge >= 0.3 is 0 Å². The Balaban J connectivity index is 1.56. The fourth-order valence-electron chi connectivity index (χ4n) is 3.21. The van der Waals surface area contributed by atoms with Crippen molar-refractivity contribution in [2.45, 2.75) is 31.1 Å². The molecule has 2 aromatic heterocycles. The zero-order valence-corrected chi connectivity index (χ0v) is 15.1. The molecular weight excluding hydrogens is 366 g/mol. The summed E-state index contributed by atoms with van der Waals surface area (Å²) in [5.74, 6) is 1.32. The van der Waals surface area contributed by atoms with E-state index in [1.165, 1.54) is 17.2 Å². The number of hydrogen-bond acceptors (Lipinski definition) is 9. The van der Waals surface area contributed by atoms with Crippen molar-refractivity contribution in [3.63, 3.8) is 0 Å². The number of imidazole rings is 1. The van der Waals surface area contributed by atoms with Gasteiger partial charge in [-0.25, -0.2) is 15.0 Å². The first-order valence-electron chi connectivity index (χ1n) is 8.79. The van der Waals surface area contributed by atoms with Gasteiger partial charge in [0.1, 0.15) is 30.4 Å². The highest BCUT2D eigenvalue weighted by Gasteiger charge is 2.44. The molecule has 0 spiro atoms. The van der Waals surface area contributed by atoms with Crippen LogP contribution in [0.2, 0.25) is 0 Å². The van der Waals surface area contributed by atoms with Crippen LogP contribution in [0.3, 0.4) is 0 Å². The predicted molar refractivity (Wildman–Crippen MR) is 98.7 cm³/mol. The largest absolute Gasteiger partial charge is 0.497 e. The van der Waals surface area contributed by atoms with Crippen LogP contribution in [0.5, 0.6) is 5.75 Å². The average Bonchev–Trinajstić information content (AvgIpc) is 3.28. The minimum absolute atomic E-state index is 0.398. The molecule has 1 aliphatic heterocycles. The lowest BCUT2D eigenvalue weighted by molar-refractivity contribution is -0.0511. The van der Waals surface area contributed by atoms with Crippen molar-refractivity contribution in [1.29, 1.82) is 0 Å². The molecular formula is C18H21N5O5. The van der Waals surface area contributed by atoms with Crippen LogP contribution in [0.1, 0.15) is 11.8 Å². The van der Waals surface area contributed by atoms with Gasteiger partial charge in [0, 0.05) is 6.54 Å². The summed E-state index contributed by atoms with van der Waals surface area (Å²) in [7, 11) is 1.62. The molecule has 1 aromatic carbocycles. The lowest BCUT2D eigenvalue weighted by Gasteiger charge is -2.16. The maximum Gasteiger partial charge on any atom is 0.167 e. The van der Waals surface area contributed by atoms with Crippen molar-refractivity contribution >= 4 is 17.0 Å². The van der Waals surface area contributed by atoms with Gasteiger partial charge in [0.25, 0.3) is 0 Å². The van der Waals surface area contributed by atoms with Crippen LogP contribution >= 0.6 is 0 Å². The van der Waals surface area contributed by atoms with Crippen LogP contribution in [-0.2, 0) is 11.3 Å². The number of aliphatic hydroxyl groups is 3. The highest BCUT2D eigenvalue weighted by molar-refractivity contribution is 5.82. The van der Waals surface area contributed by atoms with E-state index in [0.29, 0.717) is 23.5 Å². The van der Waals surface area contributed by atoms with E-state index in [9.17, 15) is 15.3 Å². The van der Waals surface area contributed by atoms with E-state index in [1.807, 2.05) is 24.3 Å². The van der Waals surface area contributed by atoms with E-state index in [2.05, 4.69) is 20.3 Å². The number of aromatic nitrogens is 4. The predicted octanol–water partition coefficient (Wildman–Crippen LogP) is 0.0585. The summed E-state index contributed by atoms with van der Waals surface area (Å²) in [5, 5.41) is 32.7. The summed E-state index contributed by atoms with van der Waals surface area (Å²) in [6, 6.07) is 7.65. The van der Waals surface area contributed by atoms with E-state index in [4.69, 9.17) is 9.47 Å². The Morgan fingerprint density at radius 3 is 2.61 bits per heavy atom. The van der Waals surface area contributed by atoms with Crippen molar-refractivity contribution in [3.8, 4) is 5.75 Å². The molecule has 28 heavy (non-hydrogen) atoms. The van der Waals surface area contributed by atoms with E-state index >= 15 is 0 Å². The number of nitrogens with one attached hydrogen (secondary N) is 1. The fraction of sp³-hybridized carbons (Fsp3) is 0.389. The minimum atomic E-state index is -1.21. The number of anilines is 1. The SMILES string of the molecule is COc1ccc(CNc2ncnc3c2ncn3[C@@H]2O[C@H](CO)[C@H](O)C2O)cc1. The molecule has 1 saturated heterocycles. The molecule has 0 radical (unpaired) electrons. The van der Waals surface area contributed by atoms with Gasteiger partial charge in [0.05, 0.1) is 20.0 Å². The summed E-state index contributed by atoms with van der Waals surface area (Å²) in [5.41, 5.74) is 1.99. The lowest BCUT2D eigenvalue weighted by Crippen LogP contribution is -2.33. The van der Waals surface area contributed by atoms with Gasteiger partial charge in [0.15, 0.2) is 23.2 Å². The highest BCUT2D eigenvalue weighted by Crippen LogP contribution is 2.32. The second-order valence-corrected chi connectivity index (χ2v) is 6.48. The van der Waals surface area contributed by atoms with Crippen LogP contribution < -0.4 is 10.1 Å². The van der Waals surface area contributed by atoms with Crippen molar-refractivity contribution in [2.75, 3.05) is 19.0 Å². The molecule has 0 amide bonds. The quantitative estimate of drug-likeness (QED) is 0.463. The zero-order chi connectivity index (χ0) is 19.7. The van der Waals surface area contributed by atoms with E-state index in [0.717, 1.165) is 11.3 Å². The Hall–Kier alpha value is -2.79. The van der Waals surface area contributed by atoms with Crippen LogP contribution in [0.4, 0.5) is 5.82 Å². The Kier molecular flexibility index (Phi) is 5.09. The molecule has 0 aliphatic carbocycles. The third-order valence-electron chi connectivity index (χ3n) is 4.77. The number of nitrogens with zero attached hydrogens (tertiary/aromatic N) is 4. The summed E-state index contributed by atoms with van der Waals surface area (Å²) < 4.78 is 12.2. The first-order chi connectivity index (χ1) is 13.6. The standard InChI is InChI=1S/C18H21N5O5/c1-27-11-4-2-10(3-5-11)6-19-16-13-17(21-8-20-16)23(9-22-13)18-15(26)14(25)12(7-24)28-18/h2-5,8-9,12,14-15,18,24-26H,6-7H2,1H3,(H,19,20,21)/t12-,14+,15?,18-/m1/s1. The number of methoxy groups -OCH3 is 1. The number of rotatable bonds is 6. The van der Waals surface area contributed by atoms with Crippen LogP contribution in [0, 0.1) is 0 Å². The molecule has 148 valence electrons. The molecule has 10 nitrogen and oxygen atoms in total. The number of ether oxygens (including phenoxy) is 2. The Labute approximate surface area is 160 Å². The topological polar surface area (TPSA) is 135 Å². The number of aliphatic hydroxyl groups excluding tert-OH is 3. The normalized spacial score (nSPS) is 24.6. The average molecular weight is 387 g/mol. The molecule has 0 saturated carbocycles. The molecule has 4 N–H and O–H groups in total. The van der Waals surface area contributed by atoms with E-state index in [1.54, 1.807) is 7.11 Å². The van der Waals surface area contributed by atoms with Crippen molar-refractivity contribution < 1.29 is 24.8 Å². The van der Waals surface area contributed by atoms with Gasteiger partial charge in [-0.2, -0.15) is 0 Å². The van der Waals surface area contributed by atoms with Gasteiger partial charge in [-0.1, -0.05) is 12.1 Å². The third kappa shape index (κ3) is 3.27. The summed E-state index contributed by atoms with van der Waals surface area (Å²) in [6.07, 6.45) is -1.31. The molecule has 1 fully saturated rings.